The minimum Gasteiger partial charge on any atom is -0.378 e. The fourth-order valence-electron chi connectivity index (χ4n) is 2.40. The molecular weight excluding hydrogens is 256 g/mol. The van der Waals surface area contributed by atoms with E-state index >= 15 is 0 Å². The van der Waals surface area contributed by atoms with E-state index in [1.807, 2.05) is 25.1 Å². The Morgan fingerprint density at radius 2 is 2.45 bits per heavy atom. The van der Waals surface area contributed by atoms with Crippen molar-refractivity contribution in [1.29, 1.82) is 0 Å². The third-order valence-corrected chi connectivity index (χ3v) is 3.31. The van der Waals surface area contributed by atoms with Gasteiger partial charge in [-0.3, -0.25) is 4.79 Å². The molecule has 1 unspecified atom stereocenters. The molecule has 0 saturated carbocycles. The van der Waals surface area contributed by atoms with Gasteiger partial charge in [0.1, 0.15) is 5.82 Å². The van der Waals surface area contributed by atoms with Crippen LogP contribution in [0.25, 0.3) is 11.0 Å². The van der Waals surface area contributed by atoms with Gasteiger partial charge in [-0.15, -0.1) is 0 Å². The molecule has 1 aliphatic rings. The number of imidazole rings is 1. The third kappa shape index (κ3) is 2.97. The summed E-state index contributed by atoms with van der Waals surface area (Å²) in [7, 11) is 0. The molecule has 1 saturated heterocycles. The fourth-order valence-corrected chi connectivity index (χ4v) is 2.40. The first-order valence-corrected chi connectivity index (χ1v) is 6.78. The first-order valence-electron chi connectivity index (χ1n) is 6.78. The average Bonchev–Trinajstić information content (AvgIpc) is 2.79. The van der Waals surface area contributed by atoms with Crippen molar-refractivity contribution in [3.05, 3.63) is 24.0 Å². The maximum absolute atomic E-state index is 12.0. The van der Waals surface area contributed by atoms with Crippen LogP contribution in [0.2, 0.25) is 0 Å². The van der Waals surface area contributed by atoms with Crippen molar-refractivity contribution in [3.63, 3.8) is 0 Å². The van der Waals surface area contributed by atoms with Gasteiger partial charge in [0.25, 0.3) is 0 Å². The molecule has 0 radical (unpaired) electrons. The average molecular weight is 274 g/mol. The first kappa shape index (κ1) is 13.1. The van der Waals surface area contributed by atoms with E-state index in [-0.39, 0.29) is 11.9 Å². The van der Waals surface area contributed by atoms with Crippen molar-refractivity contribution in [2.45, 2.75) is 19.4 Å². The van der Waals surface area contributed by atoms with Crippen molar-refractivity contribution in [1.82, 2.24) is 15.3 Å². The van der Waals surface area contributed by atoms with Gasteiger partial charge in [-0.25, -0.2) is 4.98 Å². The summed E-state index contributed by atoms with van der Waals surface area (Å²) in [5, 5.41) is 6.18. The quantitative estimate of drug-likeness (QED) is 0.785. The molecule has 20 heavy (non-hydrogen) atoms. The van der Waals surface area contributed by atoms with Gasteiger partial charge in [0.2, 0.25) is 5.91 Å². The number of fused-ring (bicyclic) bond motifs is 1. The minimum atomic E-state index is -0.0106. The maximum Gasteiger partial charge on any atom is 0.226 e. The zero-order chi connectivity index (χ0) is 13.9. The second-order valence-corrected chi connectivity index (χ2v) is 5.03. The number of anilines is 1. The molecule has 1 aromatic carbocycles. The first-order chi connectivity index (χ1) is 9.70. The highest BCUT2D eigenvalue weighted by Gasteiger charge is 2.16. The van der Waals surface area contributed by atoms with Crippen molar-refractivity contribution in [2.75, 3.05) is 25.1 Å². The Kier molecular flexibility index (Phi) is 3.66. The molecule has 3 N–H and O–H groups in total. The van der Waals surface area contributed by atoms with E-state index in [9.17, 15) is 4.79 Å². The van der Waals surface area contributed by atoms with Gasteiger partial charge in [0.05, 0.1) is 24.2 Å². The Morgan fingerprint density at radius 1 is 1.55 bits per heavy atom. The zero-order valence-electron chi connectivity index (χ0n) is 11.4. The van der Waals surface area contributed by atoms with Gasteiger partial charge in [-0.1, -0.05) is 0 Å². The van der Waals surface area contributed by atoms with Gasteiger partial charge in [0, 0.05) is 24.7 Å². The molecule has 0 bridgehead atoms. The Morgan fingerprint density at radius 3 is 3.25 bits per heavy atom. The van der Waals surface area contributed by atoms with Crippen LogP contribution in [0.4, 0.5) is 5.69 Å². The number of nitrogens with zero attached hydrogens (tertiary/aromatic N) is 1. The number of ether oxygens (including phenoxy) is 1. The van der Waals surface area contributed by atoms with E-state index in [1.165, 1.54) is 0 Å². The summed E-state index contributed by atoms with van der Waals surface area (Å²) in [6, 6.07) is 5.77. The third-order valence-electron chi connectivity index (χ3n) is 3.31. The summed E-state index contributed by atoms with van der Waals surface area (Å²) in [5.41, 5.74) is 2.62. The van der Waals surface area contributed by atoms with Gasteiger partial charge >= 0.3 is 0 Å². The van der Waals surface area contributed by atoms with Crippen LogP contribution in [0, 0.1) is 6.92 Å². The van der Waals surface area contributed by atoms with Gasteiger partial charge in [-0.05, 0) is 25.1 Å². The number of benzene rings is 1. The number of aromatic nitrogens is 2. The highest BCUT2D eigenvalue weighted by atomic mass is 16.5. The van der Waals surface area contributed by atoms with Crippen LogP contribution in [-0.2, 0) is 9.53 Å². The van der Waals surface area contributed by atoms with E-state index in [0.29, 0.717) is 19.6 Å². The van der Waals surface area contributed by atoms with E-state index in [4.69, 9.17) is 4.74 Å². The summed E-state index contributed by atoms with van der Waals surface area (Å²) in [6.45, 7) is 4.02. The lowest BCUT2D eigenvalue weighted by molar-refractivity contribution is -0.117. The number of aryl methyl sites for hydroxylation is 1. The number of rotatable bonds is 3. The SMILES string of the molecule is Cc1nc2ccc(NC(=O)CC3COCCN3)cc2[nH]1. The minimum absolute atomic E-state index is 0.0106. The van der Waals surface area contributed by atoms with Crippen LogP contribution < -0.4 is 10.6 Å². The number of amides is 1. The molecule has 6 heteroatoms. The molecule has 6 nitrogen and oxygen atoms in total. The van der Waals surface area contributed by atoms with Crippen LogP contribution in [0.1, 0.15) is 12.2 Å². The Labute approximate surface area is 116 Å². The number of nitrogens with one attached hydrogen (secondary N) is 3. The van der Waals surface area contributed by atoms with Gasteiger partial charge in [0.15, 0.2) is 0 Å². The highest BCUT2D eigenvalue weighted by Crippen LogP contribution is 2.17. The largest absolute Gasteiger partial charge is 0.378 e. The number of H-pyrrole nitrogens is 1. The lowest BCUT2D eigenvalue weighted by atomic mass is 10.2. The molecule has 1 atom stereocenters. The lowest BCUT2D eigenvalue weighted by Crippen LogP contribution is -2.43. The summed E-state index contributed by atoms with van der Waals surface area (Å²) in [6.07, 6.45) is 0.417. The number of carbonyl (C=O) groups excluding carboxylic acids is 1. The van der Waals surface area contributed by atoms with E-state index in [1.54, 1.807) is 0 Å². The molecule has 1 aliphatic heterocycles. The lowest BCUT2D eigenvalue weighted by Gasteiger charge is -2.23. The number of morpholine rings is 1. The van der Waals surface area contributed by atoms with Crippen LogP contribution in [0.5, 0.6) is 0 Å². The fraction of sp³-hybridized carbons (Fsp3) is 0.429. The molecule has 1 aromatic heterocycles. The molecule has 106 valence electrons. The monoisotopic (exact) mass is 274 g/mol. The summed E-state index contributed by atoms with van der Waals surface area (Å²) >= 11 is 0. The van der Waals surface area contributed by atoms with Gasteiger partial charge < -0.3 is 20.4 Å². The Bertz CT molecular complexity index is 617. The van der Waals surface area contributed by atoms with Crippen LogP contribution >= 0.6 is 0 Å². The maximum atomic E-state index is 12.0. The van der Waals surface area contributed by atoms with Crippen molar-refractivity contribution >= 4 is 22.6 Å². The summed E-state index contributed by atoms with van der Waals surface area (Å²) in [5.74, 6) is 0.857. The topological polar surface area (TPSA) is 79.0 Å². The van der Waals surface area contributed by atoms with Crippen LogP contribution in [-0.4, -0.2) is 41.7 Å². The van der Waals surface area contributed by atoms with Crippen LogP contribution in [0.3, 0.4) is 0 Å². The predicted molar refractivity (Wildman–Crippen MR) is 76.7 cm³/mol. The van der Waals surface area contributed by atoms with E-state index in [0.717, 1.165) is 29.1 Å². The number of aromatic amines is 1. The zero-order valence-corrected chi connectivity index (χ0v) is 11.4. The van der Waals surface area contributed by atoms with Gasteiger partial charge in [-0.2, -0.15) is 0 Å². The number of carbonyl (C=O) groups is 1. The molecule has 3 rings (SSSR count). The normalized spacial score (nSPS) is 19.1. The second kappa shape index (κ2) is 5.60. The van der Waals surface area contributed by atoms with E-state index in [2.05, 4.69) is 20.6 Å². The highest BCUT2D eigenvalue weighted by molar-refractivity contribution is 5.93. The van der Waals surface area contributed by atoms with Crippen molar-refractivity contribution < 1.29 is 9.53 Å². The van der Waals surface area contributed by atoms with Crippen molar-refractivity contribution in [2.24, 2.45) is 0 Å². The second-order valence-electron chi connectivity index (χ2n) is 5.03. The number of hydrogen-bond donors (Lipinski definition) is 3. The Balaban J connectivity index is 1.64. The predicted octanol–water partition coefficient (Wildman–Crippen LogP) is 1.19. The van der Waals surface area contributed by atoms with Crippen molar-refractivity contribution in [3.8, 4) is 0 Å². The molecule has 0 spiro atoms. The molecule has 0 aliphatic carbocycles. The molecular formula is C14H18N4O2. The molecule has 2 aromatic rings. The van der Waals surface area contributed by atoms with E-state index < -0.39 is 0 Å². The molecule has 1 amide bonds. The molecule has 1 fully saturated rings. The smallest absolute Gasteiger partial charge is 0.226 e. The molecule has 2 heterocycles. The standard InChI is InChI=1S/C14H18N4O2/c1-9-16-12-3-2-10(6-13(12)17-9)18-14(19)7-11-8-20-5-4-15-11/h2-3,6,11,15H,4-5,7-8H2,1H3,(H,16,17)(H,18,19). The Hall–Kier alpha value is -1.92. The summed E-state index contributed by atoms with van der Waals surface area (Å²) < 4.78 is 5.34. The number of hydrogen-bond acceptors (Lipinski definition) is 4. The summed E-state index contributed by atoms with van der Waals surface area (Å²) in [4.78, 5) is 19.5. The van der Waals surface area contributed by atoms with Crippen LogP contribution in [0.15, 0.2) is 18.2 Å².